The van der Waals surface area contributed by atoms with Gasteiger partial charge in [0.2, 0.25) is 0 Å². The zero-order chi connectivity index (χ0) is 18.7. The topological polar surface area (TPSA) is 42.4 Å². The maximum Gasteiger partial charge on any atom is 0.254 e. The van der Waals surface area contributed by atoms with Crippen LogP contribution in [0, 0.1) is 18.6 Å². The Morgan fingerprint density at radius 2 is 1.77 bits per heavy atom. The van der Waals surface area contributed by atoms with E-state index in [4.69, 9.17) is 4.74 Å². The fraction of sp³-hybridized carbons (Fsp3) is 0.200. The summed E-state index contributed by atoms with van der Waals surface area (Å²) in [5.74, 6) is -0.390. The number of ether oxygens (including phenoxy) is 1. The van der Waals surface area contributed by atoms with E-state index in [1.807, 2.05) is 0 Å². The van der Waals surface area contributed by atoms with Gasteiger partial charge in [-0.05, 0) is 49.4 Å². The molecule has 2 aromatic carbocycles. The first-order valence-electron chi connectivity index (χ1n) is 8.15. The number of aromatic nitrogens is 1. The summed E-state index contributed by atoms with van der Waals surface area (Å²) in [5.41, 5.74) is 1.56. The van der Waals surface area contributed by atoms with E-state index in [-0.39, 0.29) is 18.3 Å². The monoisotopic (exact) mass is 356 g/mol. The number of fused-ring (bicyclic) bond motifs is 1. The number of carbonyl (C=O) groups excluding carboxylic acids is 1. The third kappa shape index (κ3) is 3.96. The highest BCUT2D eigenvalue weighted by Gasteiger charge is 2.16. The van der Waals surface area contributed by atoms with Gasteiger partial charge in [-0.2, -0.15) is 0 Å². The summed E-state index contributed by atoms with van der Waals surface area (Å²) < 4.78 is 31.8. The van der Waals surface area contributed by atoms with Gasteiger partial charge < -0.3 is 9.64 Å². The summed E-state index contributed by atoms with van der Waals surface area (Å²) in [6.45, 7) is 2.38. The molecule has 0 atom stereocenters. The number of pyridine rings is 1. The van der Waals surface area contributed by atoms with Crippen molar-refractivity contribution in [1.29, 1.82) is 0 Å². The molecule has 4 nitrogen and oxygen atoms in total. The molecule has 3 rings (SSSR count). The molecule has 0 spiro atoms. The van der Waals surface area contributed by atoms with Gasteiger partial charge in [-0.1, -0.05) is 0 Å². The van der Waals surface area contributed by atoms with E-state index in [2.05, 4.69) is 4.98 Å². The molecular weight excluding hydrogens is 338 g/mol. The van der Waals surface area contributed by atoms with Crippen molar-refractivity contribution in [2.45, 2.75) is 6.92 Å². The number of benzene rings is 2. The number of halogens is 2. The number of amides is 1. The second-order valence-corrected chi connectivity index (χ2v) is 6.00. The number of likely N-dealkylation sites (N-methyl/N-ethyl adjacent to an activating group) is 1. The number of carbonyl (C=O) groups is 1. The van der Waals surface area contributed by atoms with Crippen molar-refractivity contribution in [3.8, 4) is 5.75 Å². The summed E-state index contributed by atoms with van der Waals surface area (Å²) in [4.78, 5) is 18.6. The zero-order valence-electron chi connectivity index (χ0n) is 14.5. The van der Waals surface area contributed by atoms with Crippen LogP contribution in [0.1, 0.15) is 16.1 Å². The fourth-order valence-electron chi connectivity index (χ4n) is 2.65. The van der Waals surface area contributed by atoms with E-state index < -0.39 is 5.82 Å². The third-order valence-corrected chi connectivity index (χ3v) is 3.99. The maximum absolute atomic E-state index is 13.4. The Morgan fingerprint density at radius 3 is 2.50 bits per heavy atom. The van der Waals surface area contributed by atoms with Crippen molar-refractivity contribution in [2.24, 2.45) is 0 Å². The minimum absolute atomic E-state index is 0.199. The number of hydrogen-bond acceptors (Lipinski definition) is 3. The average molecular weight is 356 g/mol. The third-order valence-electron chi connectivity index (χ3n) is 3.99. The Bertz CT molecular complexity index is 937. The second-order valence-electron chi connectivity index (χ2n) is 6.00. The largest absolute Gasteiger partial charge is 0.492 e. The van der Waals surface area contributed by atoms with Crippen LogP contribution < -0.4 is 4.74 Å². The summed E-state index contributed by atoms with van der Waals surface area (Å²) >= 11 is 0. The molecule has 0 saturated heterocycles. The Labute approximate surface area is 150 Å². The van der Waals surface area contributed by atoms with E-state index in [0.717, 1.165) is 0 Å². The fourth-order valence-corrected chi connectivity index (χ4v) is 2.65. The smallest absolute Gasteiger partial charge is 0.254 e. The van der Waals surface area contributed by atoms with E-state index in [0.29, 0.717) is 34.5 Å². The van der Waals surface area contributed by atoms with E-state index in [1.54, 1.807) is 26.1 Å². The predicted octanol–water partition coefficient (Wildman–Crippen LogP) is 3.97. The highest BCUT2D eigenvalue weighted by Crippen LogP contribution is 2.21. The molecule has 134 valence electrons. The van der Waals surface area contributed by atoms with E-state index >= 15 is 0 Å². The highest BCUT2D eigenvalue weighted by molar-refractivity contribution is 6.06. The molecule has 0 aliphatic rings. The molecule has 1 amide bonds. The van der Waals surface area contributed by atoms with E-state index in [1.165, 1.54) is 41.3 Å². The van der Waals surface area contributed by atoms with Gasteiger partial charge in [-0.15, -0.1) is 0 Å². The predicted molar refractivity (Wildman–Crippen MR) is 95.3 cm³/mol. The lowest BCUT2D eigenvalue weighted by atomic mass is 10.1. The molecule has 26 heavy (non-hydrogen) atoms. The maximum atomic E-state index is 13.4. The Balaban J connectivity index is 1.72. The summed E-state index contributed by atoms with van der Waals surface area (Å²) in [7, 11) is 1.67. The molecule has 0 bridgehead atoms. The van der Waals surface area contributed by atoms with Crippen molar-refractivity contribution in [2.75, 3.05) is 20.2 Å². The average Bonchev–Trinajstić information content (AvgIpc) is 2.61. The lowest BCUT2D eigenvalue weighted by molar-refractivity contribution is 0.0775. The van der Waals surface area contributed by atoms with Crippen LogP contribution in [0.2, 0.25) is 0 Å². The van der Waals surface area contributed by atoms with Gasteiger partial charge in [0, 0.05) is 24.2 Å². The van der Waals surface area contributed by atoms with Crippen LogP contribution >= 0.6 is 0 Å². The number of hydrogen-bond donors (Lipinski definition) is 0. The van der Waals surface area contributed by atoms with Crippen molar-refractivity contribution >= 4 is 16.8 Å². The highest BCUT2D eigenvalue weighted by atomic mass is 19.1. The molecular formula is C20H18F2N2O2. The van der Waals surface area contributed by atoms with Crippen LogP contribution in [-0.2, 0) is 0 Å². The lowest BCUT2D eigenvalue weighted by Crippen LogP contribution is -2.31. The minimum Gasteiger partial charge on any atom is -0.492 e. The van der Waals surface area contributed by atoms with Crippen molar-refractivity contribution in [3.63, 3.8) is 0 Å². The Hall–Kier alpha value is -3.02. The molecule has 0 radical (unpaired) electrons. The van der Waals surface area contributed by atoms with Gasteiger partial charge in [-0.25, -0.2) is 8.78 Å². The molecule has 0 unspecified atom stereocenters. The summed E-state index contributed by atoms with van der Waals surface area (Å²) in [5, 5.41) is 0.605. The molecule has 3 aromatic rings. The van der Waals surface area contributed by atoms with Gasteiger partial charge in [0.15, 0.2) is 0 Å². The van der Waals surface area contributed by atoms with E-state index in [9.17, 15) is 13.6 Å². The molecule has 0 saturated carbocycles. The second kappa shape index (κ2) is 7.47. The Morgan fingerprint density at radius 1 is 1.08 bits per heavy atom. The van der Waals surface area contributed by atoms with Crippen LogP contribution in [0.3, 0.4) is 0 Å². The van der Waals surface area contributed by atoms with Crippen LogP contribution in [0.25, 0.3) is 10.9 Å². The molecule has 0 aliphatic carbocycles. The van der Waals surface area contributed by atoms with Crippen molar-refractivity contribution in [3.05, 3.63) is 71.4 Å². The first-order valence-corrected chi connectivity index (χ1v) is 8.15. The summed E-state index contributed by atoms with van der Waals surface area (Å²) in [6, 6.07) is 11.6. The van der Waals surface area contributed by atoms with Crippen LogP contribution in [0.5, 0.6) is 5.75 Å². The first-order chi connectivity index (χ1) is 12.4. The van der Waals surface area contributed by atoms with Gasteiger partial charge in [0.25, 0.3) is 5.91 Å². The minimum atomic E-state index is -0.393. The SMILES string of the molecule is Cc1cc(C(=O)N(C)CCOc2ccc(F)cc2)c2ccc(F)cc2n1. The van der Waals surface area contributed by atoms with Crippen LogP contribution in [0.15, 0.2) is 48.5 Å². The van der Waals surface area contributed by atoms with Crippen LogP contribution in [0.4, 0.5) is 8.78 Å². The van der Waals surface area contributed by atoms with Crippen molar-refractivity contribution in [1.82, 2.24) is 9.88 Å². The normalized spacial score (nSPS) is 10.8. The molecule has 6 heteroatoms. The number of nitrogens with zero attached hydrogens (tertiary/aromatic N) is 2. The Kier molecular flexibility index (Phi) is 5.11. The first kappa shape index (κ1) is 17.8. The lowest BCUT2D eigenvalue weighted by Gasteiger charge is -2.19. The number of rotatable bonds is 5. The molecule has 0 fully saturated rings. The molecule has 1 heterocycles. The molecule has 1 aromatic heterocycles. The number of aryl methyl sites for hydroxylation is 1. The quantitative estimate of drug-likeness (QED) is 0.695. The zero-order valence-corrected chi connectivity index (χ0v) is 14.5. The van der Waals surface area contributed by atoms with Gasteiger partial charge in [-0.3, -0.25) is 9.78 Å². The van der Waals surface area contributed by atoms with Crippen LogP contribution in [-0.4, -0.2) is 36.0 Å². The van der Waals surface area contributed by atoms with Gasteiger partial charge in [0.05, 0.1) is 17.6 Å². The molecule has 0 aliphatic heterocycles. The summed E-state index contributed by atoms with van der Waals surface area (Å²) in [6.07, 6.45) is 0. The van der Waals surface area contributed by atoms with Gasteiger partial charge >= 0.3 is 0 Å². The van der Waals surface area contributed by atoms with Gasteiger partial charge in [0.1, 0.15) is 24.0 Å². The van der Waals surface area contributed by atoms with Crippen molar-refractivity contribution < 1.29 is 18.3 Å². The molecule has 0 N–H and O–H groups in total. The standard InChI is InChI=1S/C20H18F2N2O2/c1-13-11-18(17-8-5-15(22)12-19(17)23-13)20(25)24(2)9-10-26-16-6-3-14(21)4-7-16/h3-8,11-12H,9-10H2,1-2H3.